The van der Waals surface area contributed by atoms with E-state index in [2.05, 4.69) is 0 Å². The second kappa shape index (κ2) is 6.81. The van der Waals surface area contributed by atoms with Gasteiger partial charge < -0.3 is 14.7 Å². The summed E-state index contributed by atoms with van der Waals surface area (Å²) in [5.41, 5.74) is 1.98. The Morgan fingerprint density at radius 1 is 1.32 bits per heavy atom. The number of likely N-dealkylation sites (tertiary alicyclic amines) is 1. The lowest BCUT2D eigenvalue weighted by Gasteiger charge is -2.32. The number of carboxylic acids is 1. The van der Waals surface area contributed by atoms with Crippen LogP contribution in [0.1, 0.15) is 30.9 Å². The van der Waals surface area contributed by atoms with E-state index in [4.69, 9.17) is 9.84 Å². The third kappa shape index (κ3) is 3.59. The number of benzene rings is 1. The highest BCUT2D eigenvalue weighted by molar-refractivity contribution is 5.82. The fourth-order valence-electron chi connectivity index (χ4n) is 2.85. The summed E-state index contributed by atoms with van der Waals surface area (Å²) in [6.07, 6.45) is 0.733. The number of hydrogen-bond acceptors (Lipinski definition) is 3. The molecule has 5 nitrogen and oxygen atoms in total. The summed E-state index contributed by atoms with van der Waals surface area (Å²) in [7, 11) is 0. The largest absolute Gasteiger partial charge is 0.481 e. The number of ether oxygens (including phenoxy) is 1. The molecule has 1 amide bonds. The van der Waals surface area contributed by atoms with Gasteiger partial charge in [0.1, 0.15) is 5.75 Å². The zero-order valence-electron chi connectivity index (χ0n) is 13.3. The first-order chi connectivity index (χ1) is 10.4. The van der Waals surface area contributed by atoms with Crippen molar-refractivity contribution in [3.05, 3.63) is 29.3 Å². The molecule has 0 spiro atoms. The van der Waals surface area contributed by atoms with Crippen LogP contribution in [0.15, 0.2) is 18.2 Å². The molecule has 2 unspecified atom stereocenters. The van der Waals surface area contributed by atoms with Crippen molar-refractivity contribution in [2.45, 2.75) is 39.7 Å². The van der Waals surface area contributed by atoms with Gasteiger partial charge in [0.25, 0.3) is 5.91 Å². The van der Waals surface area contributed by atoms with Crippen molar-refractivity contribution in [1.29, 1.82) is 0 Å². The van der Waals surface area contributed by atoms with E-state index in [0.717, 1.165) is 23.3 Å². The molecule has 1 N–H and O–H groups in total. The number of para-hydroxylation sites is 1. The predicted molar refractivity (Wildman–Crippen MR) is 82.9 cm³/mol. The highest BCUT2D eigenvalue weighted by atomic mass is 16.5. The number of piperidine rings is 1. The van der Waals surface area contributed by atoms with E-state index >= 15 is 0 Å². The first-order valence-corrected chi connectivity index (χ1v) is 7.64. The van der Waals surface area contributed by atoms with Crippen LogP contribution in [-0.4, -0.2) is 41.1 Å². The fraction of sp³-hybridized carbons (Fsp3) is 0.529. The quantitative estimate of drug-likeness (QED) is 0.927. The zero-order valence-corrected chi connectivity index (χ0v) is 13.3. The molecular formula is C17H23NO4. The number of carboxylic acid groups (broad SMARTS) is 1. The van der Waals surface area contributed by atoms with Crippen LogP contribution in [0.3, 0.4) is 0 Å². The Hall–Kier alpha value is -2.04. The Labute approximate surface area is 130 Å². The monoisotopic (exact) mass is 305 g/mol. The summed E-state index contributed by atoms with van der Waals surface area (Å²) < 4.78 is 5.85. The summed E-state index contributed by atoms with van der Waals surface area (Å²) in [6, 6.07) is 5.84. The molecule has 0 radical (unpaired) electrons. The normalized spacial score (nSPS) is 19.6. The van der Waals surface area contributed by atoms with Gasteiger partial charge in [-0.1, -0.05) is 18.2 Å². The van der Waals surface area contributed by atoms with Crippen molar-refractivity contribution >= 4 is 11.9 Å². The molecule has 0 saturated carbocycles. The Balaban J connectivity index is 2.04. The summed E-state index contributed by atoms with van der Waals surface area (Å²) in [5, 5.41) is 9.12. The van der Waals surface area contributed by atoms with Crippen molar-refractivity contribution < 1.29 is 19.4 Å². The smallest absolute Gasteiger partial charge is 0.308 e. The van der Waals surface area contributed by atoms with Crippen molar-refractivity contribution in [2.24, 2.45) is 5.92 Å². The van der Waals surface area contributed by atoms with Crippen LogP contribution in [0.25, 0.3) is 0 Å². The Bertz CT molecular complexity index is 550. The number of amides is 1. The Morgan fingerprint density at radius 2 is 1.95 bits per heavy atom. The molecule has 1 aliphatic heterocycles. The lowest BCUT2D eigenvalue weighted by molar-refractivity contribution is -0.147. The van der Waals surface area contributed by atoms with Gasteiger partial charge in [-0.15, -0.1) is 0 Å². The van der Waals surface area contributed by atoms with Crippen LogP contribution < -0.4 is 4.74 Å². The van der Waals surface area contributed by atoms with Crippen molar-refractivity contribution in [1.82, 2.24) is 4.90 Å². The Kier molecular flexibility index (Phi) is 5.06. The number of aliphatic carboxylic acids is 1. The average Bonchev–Trinajstić information content (AvgIpc) is 2.50. The number of aryl methyl sites for hydroxylation is 2. The highest BCUT2D eigenvalue weighted by Crippen LogP contribution is 2.25. The number of nitrogens with zero attached hydrogens (tertiary/aromatic N) is 1. The molecular weight excluding hydrogens is 282 g/mol. The maximum Gasteiger partial charge on any atom is 0.308 e. The van der Waals surface area contributed by atoms with Gasteiger partial charge >= 0.3 is 5.97 Å². The first kappa shape index (κ1) is 16.3. The van der Waals surface area contributed by atoms with Crippen LogP contribution in [0.4, 0.5) is 0 Å². The van der Waals surface area contributed by atoms with E-state index in [-0.39, 0.29) is 12.5 Å². The molecule has 0 aromatic heterocycles. The standard InChI is InChI=1S/C17H23NO4/c1-11-6-4-7-12(2)15(11)22-13(3)16(19)18-9-5-8-14(10-18)17(20)21/h4,6-7,13-14H,5,8-10H2,1-3H3,(H,20,21). The lowest BCUT2D eigenvalue weighted by Crippen LogP contribution is -2.47. The number of carbonyl (C=O) groups excluding carboxylic acids is 1. The first-order valence-electron chi connectivity index (χ1n) is 7.64. The second-order valence-electron chi connectivity index (χ2n) is 5.94. The minimum Gasteiger partial charge on any atom is -0.481 e. The zero-order chi connectivity index (χ0) is 16.3. The Morgan fingerprint density at radius 3 is 2.55 bits per heavy atom. The minimum absolute atomic E-state index is 0.145. The van der Waals surface area contributed by atoms with E-state index in [1.54, 1.807) is 11.8 Å². The van der Waals surface area contributed by atoms with Gasteiger partial charge in [0.05, 0.1) is 5.92 Å². The molecule has 2 rings (SSSR count). The molecule has 1 saturated heterocycles. The van der Waals surface area contributed by atoms with Crippen molar-refractivity contribution in [2.75, 3.05) is 13.1 Å². The number of rotatable bonds is 4. The molecule has 22 heavy (non-hydrogen) atoms. The van der Waals surface area contributed by atoms with Gasteiger partial charge in [0.2, 0.25) is 0 Å². The van der Waals surface area contributed by atoms with Gasteiger partial charge in [0, 0.05) is 13.1 Å². The molecule has 0 bridgehead atoms. The third-order valence-corrected chi connectivity index (χ3v) is 4.13. The van der Waals surface area contributed by atoms with E-state index < -0.39 is 18.0 Å². The maximum absolute atomic E-state index is 12.5. The maximum atomic E-state index is 12.5. The van der Waals surface area contributed by atoms with E-state index in [0.29, 0.717) is 13.0 Å². The SMILES string of the molecule is Cc1cccc(C)c1OC(C)C(=O)N1CCCC(C(=O)O)C1. The molecule has 5 heteroatoms. The molecule has 1 aliphatic rings. The molecule has 1 aromatic rings. The number of hydrogen-bond donors (Lipinski definition) is 1. The molecule has 1 heterocycles. The van der Waals surface area contributed by atoms with Crippen LogP contribution in [0.5, 0.6) is 5.75 Å². The topological polar surface area (TPSA) is 66.8 Å². The van der Waals surface area contributed by atoms with Gasteiger partial charge in [0.15, 0.2) is 6.10 Å². The van der Waals surface area contributed by atoms with Crippen LogP contribution in [0, 0.1) is 19.8 Å². The van der Waals surface area contributed by atoms with Crippen LogP contribution >= 0.6 is 0 Å². The molecule has 0 aliphatic carbocycles. The van der Waals surface area contributed by atoms with Gasteiger partial charge in [-0.3, -0.25) is 9.59 Å². The summed E-state index contributed by atoms with van der Waals surface area (Å²) in [6.45, 7) is 6.48. The summed E-state index contributed by atoms with van der Waals surface area (Å²) in [4.78, 5) is 25.2. The van der Waals surface area contributed by atoms with Crippen LogP contribution in [0.2, 0.25) is 0 Å². The van der Waals surface area contributed by atoms with E-state index in [1.165, 1.54) is 0 Å². The van der Waals surface area contributed by atoms with Gasteiger partial charge in [-0.2, -0.15) is 0 Å². The minimum atomic E-state index is -0.833. The third-order valence-electron chi connectivity index (χ3n) is 4.13. The highest BCUT2D eigenvalue weighted by Gasteiger charge is 2.31. The average molecular weight is 305 g/mol. The van der Waals surface area contributed by atoms with Crippen molar-refractivity contribution in [3.63, 3.8) is 0 Å². The van der Waals surface area contributed by atoms with Gasteiger partial charge in [-0.05, 0) is 44.7 Å². The van der Waals surface area contributed by atoms with Crippen molar-refractivity contribution in [3.8, 4) is 5.75 Å². The molecule has 2 atom stereocenters. The fourth-order valence-corrected chi connectivity index (χ4v) is 2.85. The van der Waals surface area contributed by atoms with Gasteiger partial charge in [-0.25, -0.2) is 0 Å². The van der Waals surface area contributed by atoms with E-state index in [9.17, 15) is 9.59 Å². The predicted octanol–water partition coefficient (Wildman–Crippen LogP) is 2.39. The summed E-state index contributed by atoms with van der Waals surface area (Å²) in [5.74, 6) is -0.713. The number of carbonyl (C=O) groups is 2. The van der Waals surface area contributed by atoms with E-state index in [1.807, 2.05) is 32.0 Å². The van der Waals surface area contributed by atoms with Crippen LogP contribution in [-0.2, 0) is 9.59 Å². The molecule has 1 aromatic carbocycles. The summed E-state index contributed by atoms with van der Waals surface area (Å²) >= 11 is 0. The molecule has 1 fully saturated rings. The molecule has 120 valence electrons. The second-order valence-corrected chi connectivity index (χ2v) is 5.94. The lowest BCUT2D eigenvalue weighted by atomic mass is 9.98.